The molecule has 1 amide bonds. The maximum Gasteiger partial charge on any atom is 0.251 e. The minimum Gasteiger partial charge on any atom is -0.351 e. The van der Waals surface area contributed by atoms with E-state index in [1.54, 1.807) is 0 Å². The van der Waals surface area contributed by atoms with Crippen molar-refractivity contribution < 1.29 is 4.79 Å². The summed E-state index contributed by atoms with van der Waals surface area (Å²) in [6.07, 6.45) is 2.23. The third-order valence-corrected chi connectivity index (χ3v) is 4.22. The van der Waals surface area contributed by atoms with Gasteiger partial charge in [-0.15, -0.1) is 0 Å². The van der Waals surface area contributed by atoms with Crippen molar-refractivity contribution in [2.45, 2.75) is 25.3 Å². The number of carbonyl (C=O) groups excluding carboxylic acids is 1. The molecule has 0 spiro atoms. The Kier molecular flexibility index (Phi) is 4.02. The Balaban J connectivity index is 1.61. The first-order valence-electron chi connectivity index (χ1n) is 7.43. The van der Waals surface area contributed by atoms with Gasteiger partial charge in [-0.05, 0) is 41.7 Å². The van der Waals surface area contributed by atoms with Crippen LogP contribution < -0.4 is 11.1 Å². The fourth-order valence-corrected chi connectivity index (χ4v) is 2.97. The summed E-state index contributed by atoms with van der Waals surface area (Å²) < 4.78 is 0. The molecule has 0 saturated heterocycles. The Morgan fingerprint density at radius 2 is 1.90 bits per heavy atom. The summed E-state index contributed by atoms with van der Waals surface area (Å²) in [5, 5.41) is 3.05. The van der Waals surface area contributed by atoms with Crippen LogP contribution in [0.1, 0.15) is 39.4 Å². The van der Waals surface area contributed by atoms with Gasteiger partial charge >= 0.3 is 0 Å². The largest absolute Gasteiger partial charge is 0.351 e. The molecule has 108 valence electrons. The molecule has 1 aliphatic rings. The Labute approximate surface area is 125 Å². The maximum atomic E-state index is 12.2. The lowest BCUT2D eigenvalue weighted by Crippen LogP contribution is -2.27. The van der Waals surface area contributed by atoms with Crippen molar-refractivity contribution in [3.8, 4) is 0 Å². The van der Waals surface area contributed by atoms with Gasteiger partial charge in [-0.1, -0.05) is 36.4 Å². The first-order valence-corrected chi connectivity index (χ1v) is 7.43. The van der Waals surface area contributed by atoms with Gasteiger partial charge in [0.1, 0.15) is 0 Å². The monoisotopic (exact) mass is 280 g/mol. The molecule has 1 aliphatic carbocycles. The number of fused-ring (bicyclic) bond motifs is 1. The van der Waals surface area contributed by atoms with Crippen molar-refractivity contribution in [2.75, 3.05) is 6.54 Å². The summed E-state index contributed by atoms with van der Waals surface area (Å²) in [5.74, 6) is 0.427. The molecule has 0 aliphatic heterocycles. The fraction of sp³-hybridized carbons (Fsp3) is 0.278. The predicted molar refractivity (Wildman–Crippen MR) is 84.2 cm³/mol. The van der Waals surface area contributed by atoms with E-state index >= 15 is 0 Å². The standard InChI is InChI=1S/C18H20N2O/c19-11-13-5-7-15(8-6-13)18(21)20-12-16-10-9-14-3-1-2-4-17(14)16/h1-8,16H,9-12,19H2,(H,20,21). The second-order valence-electron chi connectivity index (χ2n) is 5.55. The summed E-state index contributed by atoms with van der Waals surface area (Å²) in [5.41, 5.74) is 10.1. The first kappa shape index (κ1) is 13.8. The van der Waals surface area contributed by atoms with Gasteiger partial charge in [0.05, 0.1) is 0 Å². The normalized spacial score (nSPS) is 16.5. The zero-order valence-corrected chi connectivity index (χ0v) is 12.0. The summed E-state index contributed by atoms with van der Waals surface area (Å²) in [4.78, 5) is 12.2. The third kappa shape index (κ3) is 2.98. The average Bonchev–Trinajstić information content (AvgIpc) is 2.96. The number of hydrogen-bond donors (Lipinski definition) is 2. The molecule has 3 nitrogen and oxygen atoms in total. The van der Waals surface area contributed by atoms with Gasteiger partial charge in [-0.25, -0.2) is 0 Å². The van der Waals surface area contributed by atoms with E-state index in [1.165, 1.54) is 11.1 Å². The number of hydrogen-bond acceptors (Lipinski definition) is 2. The molecule has 3 N–H and O–H groups in total. The lowest BCUT2D eigenvalue weighted by atomic mass is 10.0. The maximum absolute atomic E-state index is 12.2. The van der Waals surface area contributed by atoms with Crippen molar-refractivity contribution in [2.24, 2.45) is 5.73 Å². The van der Waals surface area contributed by atoms with Crippen molar-refractivity contribution in [3.63, 3.8) is 0 Å². The lowest BCUT2D eigenvalue weighted by molar-refractivity contribution is 0.0951. The molecule has 1 unspecified atom stereocenters. The van der Waals surface area contributed by atoms with E-state index in [2.05, 4.69) is 29.6 Å². The number of aryl methyl sites for hydroxylation is 1. The zero-order chi connectivity index (χ0) is 14.7. The highest BCUT2D eigenvalue weighted by Crippen LogP contribution is 2.32. The summed E-state index contributed by atoms with van der Waals surface area (Å²) in [7, 11) is 0. The van der Waals surface area contributed by atoms with Gasteiger partial charge in [0.25, 0.3) is 5.91 Å². The van der Waals surface area contributed by atoms with Crippen LogP contribution in [0.3, 0.4) is 0 Å². The van der Waals surface area contributed by atoms with Gasteiger partial charge in [0.15, 0.2) is 0 Å². The summed E-state index contributed by atoms with van der Waals surface area (Å²) in [6, 6.07) is 16.0. The highest BCUT2D eigenvalue weighted by molar-refractivity contribution is 5.94. The van der Waals surface area contributed by atoms with Gasteiger partial charge in [-0.2, -0.15) is 0 Å². The van der Waals surface area contributed by atoms with Crippen LogP contribution in [0, 0.1) is 0 Å². The number of amides is 1. The smallest absolute Gasteiger partial charge is 0.251 e. The second kappa shape index (κ2) is 6.10. The molecule has 0 heterocycles. The molecule has 2 aromatic carbocycles. The Hall–Kier alpha value is -2.13. The van der Waals surface area contributed by atoms with Crippen LogP contribution in [0.15, 0.2) is 48.5 Å². The Bertz CT molecular complexity index is 634. The number of nitrogens with two attached hydrogens (primary N) is 1. The highest BCUT2D eigenvalue weighted by Gasteiger charge is 2.22. The van der Waals surface area contributed by atoms with Crippen molar-refractivity contribution in [1.82, 2.24) is 5.32 Å². The van der Waals surface area contributed by atoms with Gasteiger partial charge in [0, 0.05) is 24.6 Å². The van der Waals surface area contributed by atoms with Crippen LogP contribution in [0.25, 0.3) is 0 Å². The van der Waals surface area contributed by atoms with E-state index in [-0.39, 0.29) is 5.91 Å². The van der Waals surface area contributed by atoms with Crippen LogP contribution >= 0.6 is 0 Å². The molecule has 3 rings (SSSR count). The fourth-order valence-electron chi connectivity index (χ4n) is 2.97. The number of rotatable bonds is 4. The van der Waals surface area contributed by atoms with Crippen LogP contribution in [-0.2, 0) is 13.0 Å². The molecule has 0 saturated carbocycles. The molecule has 0 bridgehead atoms. The van der Waals surface area contributed by atoms with Crippen LogP contribution in [0.2, 0.25) is 0 Å². The zero-order valence-electron chi connectivity index (χ0n) is 12.0. The Morgan fingerprint density at radius 3 is 2.67 bits per heavy atom. The van der Waals surface area contributed by atoms with Crippen LogP contribution in [-0.4, -0.2) is 12.5 Å². The predicted octanol–water partition coefficient (Wildman–Crippen LogP) is 2.61. The SMILES string of the molecule is NCc1ccc(C(=O)NCC2CCc3ccccc32)cc1. The second-order valence-corrected chi connectivity index (χ2v) is 5.55. The summed E-state index contributed by atoms with van der Waals surface area (Å²) >= 11 is 0. The molecular weight excluding hydrogens is 260 g/mol. The van der Waals surface area contributed by atoms with E-state index in [0.29, 0.717) is 24.6 Å². The molecule has 1 atom stereocenters. The molecular formula is C18H20N2O. The van der Waals surface area contributed by atoms with E-state index in [0.717, 1.165) is 18.4 Å². The number of nitrogens with one attached hydrogen (secondary N) is 1. The van der Waals surface area contributed by atoms with Gasteiger partial charge in [-0.3, -0.25) is 4.79 Å². The highest BCUT2D eigenvalue weighted by atomic mass is 16.1. The van der Waals surface area contributed by atoms with Crippen molar-refractivity contribution in [1.29, 1.82) is 0 Å². The Morgan fingerprint density at radius 1 is 1.14 bits per heavy atom. The molecule has 0 aromatic heterocycles. The van der Waals surface area contributed by atoms with Gasteiger partial charge < -0.3 is 11.1 Å². The van der Waals surface area contributed by atoms with E-state index < -0.39 is 0 Å². The molecule has 2 aromatic rings. The van der Waals surface area contributed by atoms with E-state index in [9.17, 15) is 4.79 Å². The lowest BCUT2D eigenvalue weighted by Gasteiger charge is -2.13. The molecule has 0 fully saturated rings. The number of benzene rings is 2. The van der Waals surface area contributed by atoms with Crippen LogP contribution in [0.5, 0.6) is 0 Å². The minimum atomic E-state index is -0.0112. The van der Waals surface area contributed by atoms with E-state index in [4.69, 9.17) is 5.73 Å². The van der Waals surface area contributed by atoms with Gasteiger partial charge in [0.2, 0.25) is 0 Å². The molecule has 21 heavy (non-hydrogen) atoms. The average molecular weight is 280 g/mol. The number of carbonyl (C=O) groups is 1. The van der Waals surface area contributed by atoms with E-state index in [1.807, 2.05) is 24.3 Å². The quantitative estimate of drug-likeness (QED) is 0.904. The topological polar surface area (TPSA) is 55.1 Å². The third-order valence-electron chi connectivity index (χ3n) is 4.22. The molecule has 0 radical (unpaired) electrons. The van der Waals surface area contributed by atoms with Crippen molar-refractivity contribution in [3.05, 3.63) is 70.8 Å². The minimum absolute atomic E-state index is 0.0112. The first-order chi connectivity index (χ1) is 10.3. The van der Waals surface area contributed by atoms with Crippen LogP contribution in [0.4, 0.5) is 0 Å². The van der Waals surface area contributed by atoms with Crippen molar-refractivity contribution >= 4 is 5.91 Å². The molecule has 3 heteroatoms. The summed E-state index contributed by atoms with van der Waals surface area (Å²) in [6.45, 7) is 1.20.